The maximum atomic E-state index is 12.0. The van der Waals surface area contributed by atoms with Crippen molar-refractivity contribution in [2.24, 2.45) is 0 Å². The largest absolute Gasteiger partial charge is 0.396 e. The van der Waals surface area contributed by atoms with Gasteiger partial charge >= 0.3 is 0 Å². The minimum absolute atomic E-state index is 0.0441. The van der Waals surface area contributed by atoms with E-state index in [0.29, 0.717) is 18.6 Å². The molecular formula is C12H16Cl2N2O3. The van der Waals surface area contributed by atoms with Crippen molar-refractivity contribution in [2.75, 3.05) is 26.1 Å². The summed E-state index contributed by atoms with van der Waals surface area (Å²) in [5, 5.41) is 12.1. The Morgan fingerprint density at radius 1 is 1.47 bits per heavy atom. The van der Waals surface area contributed by atoms with Gasteiger partial charge in [-0.1, -0.05) is 23.2 Å². The van der Waals surface area contributed by atoms with Gasteiger partial charge in [-0.3, -0.25) is 4.79 Å². The highest BCUT2D eigenvalue weighted by Crippen LogP contribution is 2.28. The second kappa shape index (κ2) is 7.55. The lowest BCUT2D eigenvalue weighted by atomic mass is 10.1. The van der Waals surface area contributed by atoms with Crippen LogP contribution in [0.5, 0.6) is 0 Å². The van der Waals surface area contributed by atoms with Crippen LogP contribution >= 0.6 is 23.2 Å². The lowest BCUT2D eigenvalue weighted by Crippen LogP contribution is -2.38. The molecule has 0 aliphatic carbocycles. The van der Waals surface area contributed by atoms with E-state index in [9.17, 15) is 4.79 Å². The van der Waals surface area contributed by atoms with Gasteiger partial charge in [0.15, 0.2) is 0 Å². The molecule has 1 atom stereocenters. The predicted octanol–water partition coefficient (Wildman–Crippen LogP) is 1.70. The summed E-state index contributed by atoms with van der Waals surface area (Å²) in [4.78, 5) is 12.0. The molecule has 0 bridgehead atoms. The normalized spacial score (nSPS) is 12.2. The number of aliphatic hydroxyl groups is 1. The van der Waals surface area contributed by atoms with Gasteiger partial charge < -0.3 is 20.9 Å². The minimum atomic E-state index is -0.348. The minimum Gasteiger partial charge on any atom is -0.396 e. The van der Waals surface area contributed by atoms with Crippen LogP contribution in [0.3, 0.4) is 0 Å². The van der Waals surface area contributed by atoms with E-state index in [0.717, 1.165) is 0 Å². The third-order valence-corrected chi connectivity index (χ3v) is 3.15. The number of carbonyl (C=O) groups is 1. The molecule has 0 aliphatic heterocycles. The predicted molar refractivity (Wildman–Crippen MR) is 75.7 cm³/mol. The van der Waals surface area contributed by atoms with E-state index < -0.39 is 0 Å². The van der Waals surface area contributed by atoms with E-state index in [1.165, 1.54) is 19.2 Å². The quantitative estimate of drug-likeness (QED) is 0.698. The third kappa shape index (κ3) is 4.54. The molecule has 19 heavy (non-hydrogen) atoms. The summed E-state index contributed by atoms with van der Waals surface area (Å²) in [7, 11) is 1.52. The first-order chi connectivity index (χ1) is 8.99. The van der Waals surface area contributed by atoms with Gasteiger partial charge in [-0.05, 0) is 18.6 Å². The Labute approximate surface area is 121 Å². The number of nitrogen functional groups attached to an aromatic ring is 1. The Morgan fingerprint density at radius 2 is 2.05 bits per heavy atom. The van der Waals surface area contributed by atoms with Crippen LogP contribution < -0.4 is 11.1 Å². The van der Waals surface area contributed by atoms with Crippen molar-refractivity contribution in [1.82, 2.24) is 5.32 Å². The molecule has 0 aromatic heterocycles. The number of carbonyl (C=O) groups excluding carboxylic acids is 1. The zero-order valence-electron chi connectivity index (χ0n) is 10.5. The van der Waals surface area contributed by atoms with E-state index in [1.807, 2.05) is 0 Å². The number of amides is 1. The third-order valence-electron chi connectivity index (χ3n) is 2.52. The summed E-state index contributed by atoms with van der Waals surface area (Å²) < 4.78 is 4.96. The van der Waals surface area contributed by atoms with E-state index in [-0.39, 0.29) is 34.3 Å². The van der Waals surface area contributed by atoms with Gasteiger partial charge in [-0.25, -0.2) is 0 Å². The highest BCUT2D eigenvalue weighted by atomic mass is 35.5. The van der Waals surface area contributed by atoms with Gasteiger partial charge in [-0.2, -0.15) is 0 Å². The molecule has 0 saturated carbocycles. The molecule has 0 aliphatic rings. The van der Waals surface area contributed by atoms with E-state index in [2.05, 4.69) is 5.32 Å². The van der Waals surface area contributed by atoms with Gasteiger partial charge in [-0.15, -0.1) is 0 Å². The summed E-state index contributed by atoms with van der Waals surface area (Å²) >= 11 is 11.7. The molecule has 0 spiro atoms. The average molecular weight is 307 g/mol. The molecule has 1 rings (SSSR count). The number of ether oxygens (including phenoxy) is 1. The van der Waals surface area contributed by atoms with Crippen LogP contribution in [-0.4, -0.2) is 37.4 Å². The molecule has 1 unspecified atom stereocenters. The molecule has 0 saturated heterocycles. The first-order valence-corrected chi connectivity index (χ1v) is 6.40. The zero-order valence-corrected chi connectivity index (χ0v) is 12.0. The number of benzene rings is 1. The number of hydrogen-bond acceptors (Lipinski definition) is 4. The van der Waals surface area contributed by atoms with Gasteiger partial charge in [0.1, 0.15) is 0 Å². The number of nitrogens with two attached hydrogens (primary N) is 1. The van der Waals surface area contributed by atoms with Crippen molar-refractivity contribution in [2.45, 2.75) is 12.5 Å². The zero-order chi connectivity index (χ0) is 14.4. The second-order valence-corrected chi connectivity index (χ2v) is 4.81. The van der Waals surface area contributed by atoms with Gasteiger partial charge in [0.2, 0.25) is 0 Å². The number of rotatable bonds is 6. The first-order valence-electron chi connectivity index (χ1n) is 5.64. The summed E-state index contributed by atoms with van der Waals surface area (Å²) in [6.07, 6.45) is 0.399. The lowest BCUT2D eigenvalue weighted by molar-refractivity contribution is 0.0878. The van der Waals surface area contributed by atoms with Crippen LogP contribution in [-0.2, 0) is 4.74 Å². The number of methoxy groups -OCH3 is 1. The fourth-order valence-electron chi connectivity index (χ4n) is 1.54. The lowest BCUT2D eigenvalue weighted by Gasteiger charge is -2.17. The summed E-state index contributed by atoms with van der Waals surface area (Å²) in [5.74, 6) is -0.348. The SMILES string of the molecule is COCC(CCO)NC(=O)c1cc(Cl)c(N)c(Cl)c1. The van der Waals surface area contributed by atoms with Crippen molar-refractivity contribution >= 4 is 34.8 Å². The maximum Gasteiger partial charge on any atom is 0.251 e. The number of anilines is 1. The highest BCUT2D eigenvalue weighted by molar-refractivity contribution is 6.39. The molecule has 7 heteroatoms. The number of nitrogens with one attached hydrogen (secondary N) is 1. The Bertz CT molecular complexity index is 426. The van der Waals surface area contributed by atoms with Crippen LogP contribution in [0.25, 0.3) is 0 Å². The van der Waals surface area contributed by atoms with Crippen LogP contribution in [0, 0.1) is 0 Å². The fraction of sp³-hybridized carbons (Fsp3) is 0.417. The molecule has 5 nitrogen and oxygen atoms in total. The van der Waals surface area contributed by atoms with Crippen molar-refractivity contribution in [3.8, 4) is 0 Å². The van der Waals surface area contributed by atoms with E-state index in [4.69, 9.17) is 38.8 Å². The Balaban J connectivity index is 2.82. The number of hydrogen-bond donors (Lipinski definition) is 3. The summed E-state index contributed by atoms with van der Waals surface area (Å²) in [5.41, 5.74) is 6.15. The number of halogens is 2. The molecule has 1 aromatic rings. The van der Waals surface area contributed by atoms with Gasteiger partial charge in [0, 0.05) is 19.3 Å². The molecule has 106 valence electrons. The smallest absolute Gasteiger partial charge is 0.251 e. The Hall–Kier alpha value is -1.01. The monoisotopic (exact) mass is 306 g/mol. The van der Waals surface area contributed by atoms with Crippen LogP contribution in [0.4, 0.5) is 5.69 Å². The molecule has 0 fully saturated rings. The van der Waals surface area contributed by atoms with Crippen molar-refractivity contribution in [3.63, 3.8) is 0 Å². The topological polar surface area (TPSA) is 84.6 Å². The number of aliphatic hydroxyl groups excluding tert-OH is 1. The van der Waals surface area contributed by atoms with Crippen LogP contribution in [0.1, 0.15) is 16.8 Å². The molecule has 1 aromatic carbocycles. The Kier molecular flexibility index (Phi) is 6.37. The molecule has 0 heterocycles. The van der Waals surface area contributed by atoms with Crippen molar-refractivity contribution < 1.29 is 14.6 Å². The van der Waals surface area contributed by atoms with E-state index in [1.54, 1.807) is 0 Å². The Morgan fingerprint density at radius 3 is 2.53 bits per heavy atom. The fourth-order valence-corrected chi connectivity index (χ4v) is 2.03. The van der Waals surface area contributed by atoms with Crippen molar-refractivity contribution in [1.29, 1.82) is 0 Å². The molecule has 1 amide bonds. The van der Waals surface area contributed by atoms with Crippen LogP contribution in [0.15, 0.2) is 12.1 Å². The summed E-state index contributed by atoms with van der Waals surface area (Å²) in [6.45, 7) is 0.264. The standard InChI is InChI=1S/C12H16Cl2N2O3/c1-19-6-8(2-3-17)16-12(18)7-4-9(13)11(15)10(14)5-7/h4-5,8,17H,2-3,6,15H2,1H3,(H,16,18). The first kappa shape index (κ1) is 16.0. The van der Waals surface area contributed by atoms with Crippen molar-refractivity contribution in [3.05, 3.63) is 27.7 Å². The second-order valence-electron chi connectivity index (χ2n) is 3.99. The molecule has 4 N–H and O–H groups in total. The van der Waals surface area contributed by atoms with Gasteiger partial charge in [0.05, 0.1) is 28.4 Å². The van der Waals surface area contributed by atoms with Crippen LogP contribution in [0.2, 0.25) is 10.0 Å². The highest BCUT2D eigenvalue weighted by Gasteiger charge is 2.15. The summed E-state index contributed by atoms with van der Waals surface area (Å²) in [6, 6.07) is 2.61. The van der Waals surface area contributed by atoms with E-state index >= 15 is 0 Å². The maximum absolute atomic E-state index is 12.0. The van der Waals surface area contributed by atoms with Gasteiger partial charge in [0.25, 0.3) is 5.91 Å². The molecular weight excluding hydrogens is 291 g/mol. The molecule has 0 radical (unpaired) electrons. The average Bonchev–Trinajstić information content (AvgIpc) is 2.35.